The average Bonchev–Trinajstić information content (AvgIpc) is 2.77. The zero-order chi connectivity index (χ0) is 8.72. The number of aliphatic hydroxyl groups is 1. The van der Waals surface area contributed by atoms with E-state index < -0.39 is 0 Å². The molecule has 2 saturated heterocycles. The third-order valence-corrected chi connectivity index (χ3v) is 2.51. The zero-order valence-corrected chi connectivity index (χ0v) is 7.06. The number of rotatable bonds is 2. The number of carbonyl (C=O) groups excluding carboxylic acids is 1. The number of hydrogen-bond acceptors (Lipinski definition) is 4. The Morgan fingerprint density at radius 1 is 1.67 bits per heavy atom. The van der Waals surface area contributed by atoms with Crippen molar-refractivity contribution < 1.29 is 14.6 Å². The van der Waals surface area contributed by atoms with Gasteiger partial charge in [-0.1, -0.05) is 0 Å². The van der Waals surface area contributed by atoms with Crippen molar-refractivity contribution in [2.45, 2.75) is 24.7 Å². The second-order valence-electron chi connectivity index (χ2n) is 3.57. The maximum atomic E-state index is 11.5. The minimum Gasteiger partial charge on any atom is -0.392 e. The van der Waals surface area contributed by atoms with Crippen LogP contribution < -0.4 is 0 Å². The Labute approximate surface area is 71.1 Å². The molecule has 2 rings (SSSR count). The van der Waals surface area contributed by atoms with Crippen LogP contribution in [0.1, 0.15) is 6.42 Å². The summed E-state index contributed by atoms with van der Waals surface area (Å²) in [5.74, 6) is 0.133. The Bertz CT molecular complexity index is 202. The van der Waals surface area contributed by atoms with Gasteiger partial charge in [0.05, 0.1) is 18.8 Å². The van der Waals surface area contributed by atoms with E-state index in [0.29, 0.717) is 19.6 Å². The van der Waals surface area contributed by atoms with Gasteiger partial charge in [0.15, 0.2) is 5.78 Å². The number of aliphatic hydroxyl groups excluding tert-OH is 1. The van der Waals surface area contributed by atoms with E-state index in [-0.39, 0.29) is 24.0 Å². The lowest BCUT2D eigenvalue weighted by Crippen LogP contribution is -2.35. The first-order valence-electron chi connectivity index (χ1n) is 4.22. The van der Waals surface area contributed by atoms with E-state index in [1.165, 1.54) is 0 Å². The van der Waals surface area contributed by atoms with Crippen LogP contribution in [0.25, 0.3) is 0 Å². The van der Waals surface area contributed by atoms with Crippen LogP contribution in [0.3, 0.4) is 0 Å². The molecule has 0 aromatic rings. The molecule has 2 aliphatic heterocycles. The maximum Gasteiger partial charge on any atom is 0.181 e. The number of ketones is 1. The number of likely N-dealkylation sites (tertiary alicyclic amines) is 1. The molecule has 1 N–H and O–H groups in total. The number of ether oxygens (including phenoxy) is 1. The lowest BCUT2D eigenvalue weighted by atomic mass is 10.1. The van der Waals surface area contributed by atoms with Crippen LogP contribution in [0.15, 0.2) is 0 Å². The summed E-state index contributed by atoms with van der Waals surface area (Å²) < 4.78 is 4.91. The number of carbonyl (C=O) groups is 1. The van der Waals surface area contributed by atoms with Gasteiger partial charge in [0.1, 0.15) is 6.10 Å². The van der Waals surface area contributed by atoms with Crippen LogP contribution in [0.4, 0.5) is 0 Å². The summed E-state index contributed by atoms with van der Waals surface area (Å²) in [7, 11) is 1.86. The van der Waals surface area contributed by atoms with Gasteiger partial charge < -0.3 is 9.84 Å². The Morgan fingerprint density at radius 3 is 2.75 bits per heavy atom. The van der Waals surface area contributed by atoms with Gasteiger partial charge in [0.25, 0.3) is 0 Å². The standard InChI is InChI=1S/C8H13NO3/c1-9-3-5(10)2-6(9)8(11)7-4-12-7/h5-7,10H,2-4H2,1H3. The van der Waals surface area contributed by atoms with Crippen LogP contribution in [0.2, 0.25) is 0 Å². The highest BCUT2D eigenvalue weighted by Crippen LogP contribution is 2.22. The molecule has 2 aliphatic rings. The zero-order valence-electron chi connectivity index (χ0n) is 7.06. The summed E-state index contributed by atoms with van der Waals surface area (Å²) in [6.07, 6.45) is 0.0419. The predicted octanol–water partition coefficient (Wildman–Crippen LogP) is -0.981. The first kappa shape index (κ1) is 8.16. The lowest BCUT2D eigenvalue weighted by molar-refractivity contribution is -0.124. The van der Waals surface area contributed by atoms with Crippen LogP contribution in [-0.4, -0.2) is 54.2 Å². The van der Waals surface area contributed by atoms with Crippen LogP contribution in [0.5, 0.6) is 0 Å². The van der Waals surface area contributed by atoms with Crippen molar-refractivity contribution in [3.8, 4) is 0 Å². The number of likely N-dealkylation sites (N-methyl/N-ethyl adjacent to an activating group) is 1. The Kier molecular flexibility index (Phi) is 1.90. The SMILES string of the molecule is CN1CC(O)CC1C(=O)C1CO1. The third-order valence-electron chi connectivity index (χ3n) is 2.51. The van der Waals surface area contributed by atoms with Crippen molar-refractivity contribution in [3.63, 3.8) is 0 Å². The average molecular weight is 171 g/mol. The summed E-state index contributed by atoms with van der Waals surface area (Å²) >= 11 is 0. The molecule has 0 radical (unpaired) electrons. The Hall–Kier alpha value is -0.450. The van der Waals surface area contributed by atoms with E-state index in [1.807, 2.05) is 11.9 Å². The molecular formula is C8H13NO3. The molecule has 3 atom stereocenters. The molecule has 2 fully saturated rings. The summed E-state index contributed by atoms with van der Waals surface area (Å²) in [6, 6.07) is -0.118. The highest BCUT2D eigenvalue weighted by Gasteiger charge is 2.41. The smallest absolute Gasteiger partial charge is 0.181 e. The van der Waals surface area contributed by atoms with E-state index in [2.05, 4.69) is 0 Å². The molecule has 3 unspecified atom stereocenters. The van der Waals surface area contributed by atoms with Crippen molar-refractivity contribution in [1.29, 1.82) is 0 Å². The topological polar surface area (TPSA) is 53.1 Å². The molecule has 4 nitrogen and oxygen atoms in total. The van der Waals surface area contributed by atoms with Gasteiger partial charge in [-0.15, -0.1) is 0 Å². The number of β-amino-alcohol motifs (C(OH)–C–C–N with tert-alkyl or cyclic N) is 1. The highest BCUT2D eigenvalue weighted by molar-refractivity contribution is 5.90. The minimum atomic E-state index is -0.345. The number of Topliss-reactive ketones (excluding diaryl/α,β-unsaturated/α-hetero) is 1. The van der Waals surface area contributed by atoms with Gasteiger partial charge in [-0.05, 0) is 13.5 Å². The molecule has 0 saturated carbocycles. The quantitative estimate of drug-likeness (QED) is 0.542. The van der Waals surface area contributed by atoms with Crippen molar-refractivity contribution in [3.05, 3.63) is 0 Å². The molecule has 0 spiro atoms. The highest BCUT2D eigenvalue weighted by atomic mass is 16.6. The summed E-state index contributed by atoms with van der Waals surface area (Å²) in [4.78, 5) is 13.4. The van der Waals surface area contributed by atoms with E-state index in [1.54, 1.807) is 0 Å². The van der Waals surface area contributed by atoms with Crippen LogP contribution >= 0.6 is 0 Å². The number of epoxide rings is 1. The van der Waals surface area contributed by atoms with E-state index >= 15 is 0 Å². The van der Waals surface area contributed by atoms with Gasteiger partial charge in [0.2, 0.25) is 0 Å². The van der Waals surface area contributed by atoms with Gasteiger partial charge in [-0.25, -0.2) is 0 Å². The van der Waals surface area contributed by atoms with Crippen LogP contribution in [0, 0.1) is 0 Å². The fourth-order valence-electron chi connectivity index (χ4n) is 1.73. The molecule has 2 heterocycles. The summed E-state index contributed by atoms with van der Waals surface area (Å²) in [5, 5.41) is 9.29. The van der Waals surface area contributed by atoms with Gasteiger partial charge in [0, 0.05) is 6.54 Å². The lowest BCUT2D eigenvalue weighted by Gasteiger charge is -2.15. The van der Waals surface area contributed by atoms with Crippen molar-refractivity contribution in [2.75, 3.05) is 20.2 Å². The van der Waals surface area contributed by atoms with Crippen LogP contribution in [-0.2, 0) is 9.53 Å². The Morgan fingerprint density at radius 2 is 2.33 bits per heavy atom. The first-order valence-corrected chi connectivity index (χ1v) is 4.22. The molecular weight excluding hydrogens is 158 g/mol. The Balaban J connectivity index is 1.98. The molecule has 12 heavy (non-hydrogen) atoms. The second-order valence-corrected chi connectivity index (χ2v) is 3.57. The molecule has 0 aromatic heterocycles. The summed E-state index contributed by atoms with van der Waals surface area (Å²) in [5.41, 5.74) is 0. The normalized spacial score (nSPS) is 41.7. The largest absolute Gasteiger partial charge is 0.392 e. The number of nitrogens with zero attached hydrogens (tertiary/aromatic N) is 1. The minimum absolute atomic E-state index is 0.118. The fraction of sp³-hybridized carbons (Fsp3) is 0.875. The molecule has 0 bridgehead atoms. The summed E-state index contributed by atoms with van der Waals surface area (Å²) in [6.45, 7) is 1.17. The molecule has 68 valence electrons. The monoisotopic (exact) mass is 171 g/mol. The van der Waals surface area contributed by atoms with Gasteiger partial charge in [-0.2, -0.15) is 0 Å². The van der Waals surface area contributed by atoms with Crippen molar-refractivity contribution in [2.24, 2.45) is 0 Å². The van der Waals surface area contributed by atoms with Crippen molar-refractivity contribution in [1.82, 2.24) is 4.90 Å². The maximum absolute atomic E-state index is 11.5. The van der Waals surface area contributed by atoms with E-state index in [9.17, 15) is 9.90 Å². The molecule has 0 aliphatic carbocycles. The van der Waals surface area contributed by atoms with Crippen molar-refractivity contribution >= 4 is 5.78 Å². The van der Waals surface area contributed by atoms with E-state index in [4.69, 9.17) is 4.74 Å². The van der Waals surface area contributed by atoms with Gasteiger partial charge >= 0.3 is 0 Å². The molecule has 4 heteroatoms. The molecule has 0 aromatic carbocycles. The molecule has 0 amide bonds. The van der Waals surface area contributed by atoms with E-state index in [0.717, 1.165) is 0 Å². The number of hydrogen-bond donors (Lipinski definition) is 1. The fourth-order valence-corrected chi connectivity index (χ4v) is 1.73. The predicted molar refractivity (Wildman–Crippen MR) is 41.8 cm³/mol. The van der Waals surface area contributed by atoms with Gasteiger partial charge in [-0.3, -0.25) is 9.69 Å². The first-order chi connectivity index (χ1) is 5.68. The third kappa shape index (κ3) is 1.37. The second kappa shape index (κ2) is 2.80.